The zero-order valence-electron chi connectivity index (χ0n) is 10.5. The molecule has 0 unspecified atom stereocenters. The molecule has 0 atom stereocenters. The number of carbonyl (C=O) groups excluding carboxylic acids is 2. The normalized spacial score (nSPS) is 21.5. The topological polar surface area (TPSA) is 75.8 Å². The summed E-state index contributed by atoms with van der Waals surface area (Å²) in [7, 11) is 0. The molecule has 0 aliphatic carbocycles. The average molecular weight is 352 g/mol. The molecule has 0 bridgehead atoms. The number of halogens is 1. The Bertz CT molecular complexity index is 712. The summed E-state index contributed by atoms with van der Waals surface area (Å²) in [6.07, 6.45) is 0. The lowest BCUT2D eigenvalue weighted by molar-refractivity contribution is -0.115. The van der Waals surface area contributed by atoms with E-state index in [-0.39, 0.29) is 11.1 Å². The second kappa shape index (κ2) is 4.75. The zero-order valence-corrected chi connectivity index (χ0v) is 12.9. The first-order chi connectivity index (χ1) is 9.52. The summed E-state index contributed by atoms with van der Waals surface area (Å²) >= 11 is 4.44. The van der Waals surface area contributed by atoms with E-state index >= 15 is 0 Å². The van der Waals surface area contributed by atoms with Crippen LogP contribution in [0.1, 0.15) is 12.5 Å². The van der Waals surface area contributed by atoms with Gasteiger partial charge in [-0.05, 0) is 36.9 Å². The molecule has 2 heterocycles. The highest BCUT2D eigenvalue weighted by molar-refractivity contribution is 9.10. The van der Waals surface area contributed by atoms with Crippen LogP contribution in [0.5, 0.6) is 0 Å². The molecule has 0 saturated carbocycles. The highest BCUT2D eigenvalue weighted by atomic mass is 79.9. The van der Waals surface area contributed by atoms with Gasteiger partial charge in [-0.15, -0.1) is 0 Å². The van der Waals surface area contributed by atoms with Gasteiger partial charge in [0.05, 0.1) is 16.2 Å². The van der Waals surface area contributed by atoms with Crippen LogP contribution in [0, 0.1) is 0 Å². The number of nitrogens with two attached hydrogens (primary N) is 1. The van der Waals surface area contributed by atoms with Crippen molar-refractivity contribution in [2.45, 2.75) is 6.92 Å². The molecule has 2 amide bonds. The van der Waals surface area contributed by atoms with Crippen molar-refractivity contribution < 1.29 is 9.59 Å². The number of amidine groups is 1. The maximum atomic E-state index is 12.5. The molecule has 102 valence electrons. The molecule has 1 aromatic carbocycles. The van der Waals surface area contributed by atoms with E-state index in [2.05, 4.69) is 20.9 Å². The molecule has 2 aliphatic heterocycles. The fourth-order valence-electron chi connectivity index (χ4n) is 2.32. The van der Waals surface area contributed by atoms with E-state index in [0.29, 0.717) is 17.0 Å². The third-order valence-electron chi connectivity index (χ3n) is 3.13. The number of fused-ring (bicyclic) bond motifs is 1. The van der Waals surface area contributed by atoms with Crippen molar-refractivity contribution in [1.29, 1.82) is 0 Å². The van der Waals surface area contributed by atoms with Gasteiger partial charge in [-0.25, -0.2) is 0 Å². The number of hydrogen-bond donors (Lipinski definition) is 1. The molecule has 3 rings (SSSR count). The Balaban J connectivity index is 2.24. The molecule has 2 N–H and O–H groups in total. The standard InChI is InChI=1S/C13H10BrN3O2S/c1-2-17-8-4-3-6(14)5-7(8)9(12(17)19)10-11(18)16-13(15)20-10/h3-5H,2H2,1H3,(H2,15,16,18). The van der Waals surface area contributed by atoms with Gasteiger partial charge < -0.3 is 10.6 Å². The van der Waals surface area contributed by atoms with Crippen LogP contribution < -0.4 is 10.6 Å². The Hall–Kier alpha value is -1.60. The summed E-state index contributed by atoms with van der Waals surface area (Å²) in [5.74, 6) is -0.624. The molecule has 2 aliphatic rings. The van der Waals surface area contributed by atoms with Gasteiger partial charge >= 0.3 is 0 Å². The van der Waals surface area contributed by atoms with Crippen LogP contribution >= 0.6 is 27.7 Å². The second-order valence-corrected chi connectivity index (χ2v) is 6.22. The number of nitrogens with zero attached hydrogens (tertiary/aromatic N) is 2. The van der Waals surface area contributed by atoms with Gasteiger partial charge in [0.25, 0.3) is 11.8 Å². The van der Waals surface area contributed by atoms with Crippen LogP contribution in [0.2, 0.25) is 0 Å². The van der Waals surface area contributed by atoms with Gasteiger partial charge in [0.15, 0.2) is 5.17 Å². The quantitative estimate of drug-likeness (QED) is 0.786. The first-order valence-corrected chi connectivity index (χ1v) is 7.56. The summed E-state index contributed by atoms with van der Waals surface area (Å²) in [5.41, 5.74) is 7.51. The van der Waals surface area contributed by atoms with E-state index in [1.165, 1.54) is 0 Å². The van der Waals surface area contributed by atoms with Gasteiger partial charge in [0.1, 0.15) is 0 Å². The summed E-state index contributed by atoms with van der Waals surface area (Å²) in [4.78, 5) is 30.0. The molecular formula is C13H10BrN3O2S. The number of amides is 2. The summed E-state index contributed by atoms with van der Waals surface area (Å²) < 4.78 is 0.851. The van der Waals surface area contributed by atoms with E-state index in [0.717, 1.165) is 27.5 Å². The molecule has 5 nitrogen and oxygen atoms in total. The predicted molar refractivity (Wildman–Crippen MR) is 83.3 cm³/mol. The lowest BCUT2D eigenvalue weighted by atomic mass is 10.1. The molecule has 20 heavy (non-hydrogen) atoms. The maximum absolute atomic E-state index is 12.5. The van der Waals surface area contributed by atoms with E-state index in [1.807, 2.05) is 25.1 Å². The van der Waals surface area contributed by atoms with Crippen LogP contribution in [0.25, 0.3) is 5.57 Å². The second-order valence-electron chi connectivity index (χ2n) is 4.27. The van der Waals surface area contributed by atoms with E-state index in [9.17, 15) is 9.59 Å². The third kappa shape index (κ3) is 1.89. The monoisotopic (exact) mass is 351 g/mol. The van der Waals surface area contributed by atoms with Crippen molar-refractivity contribution in [2.24, 2.45) is 10.7 Å². The number of aliphatic imine (C=N–C) groups is 1. The van der Waals surface area contributed by atoms with Gasteiger partial charge in [0.2, 0.25) is 0 Å². The Morgan fingerprint density at radius 1 is 1.40 bits per heavy atom. The number of anilines is 1. The molecule has 0 fully saturated rings. The number of thioether (sulfide) groups is 1. The number of likely N-dealkylation sites (N-methyl/N-ethyl adjacent to an activating group) is 1. The van der Waals surface area contributed by atoms with Crippen LogP contribution in [-0.2, 0) is 9.59 Å². The van der Waals surface area contributed by atoms with E-state index in [4.69, 9.17) is 5.73 Å². The smallest absolute Gasteiger partial charge is 0.287 e. The van der Waals surface area contributed by atoms with Crippen molar-refractivity contribution in [1.82, 2.24) is 0 Å². The van der Waals surface area contributed by atoms with Crippen LogP contribution in [-0.4, -0.2) is 23.5 Å². The first-order valence-electron chi connectivity index (χ1n) is 5.95. The van der Waals surface area contributed by atoms with Crippen molar-refractivity contribution in [3.8, 4) is 0 Å². The molecule has 0 radical (unpaired) electrons. The predicted octanol–water partition coefficient (Wildman–Crippen LogP) is 2.11. The average Bonchev–Trinajstić information content (AvgIpc) is 2.85. The molecule has 0 aromatic heterocycles. The summed E-state index contributed by atoms with van der Waals surface area (Å²) in [6, 6.07) is 5.58. The van der Waals surface area contributed by atoms with Crippen molar-refractivity contribution in [2.75, 3.05) is 11.4 Å². The van der Waals surface area contributed by atoms with Crippen LogP contribution in [0.4, 0.5) is 5.69 Å². The maximum Gasteiger partial charge on any atom is 0.287 e. The minimum atomic E-state index is -0.445. The van der Waals surface area contributed by atoms with Gasteiger partial charge in [-0.1, -0.05) is 15.9 Å². The summed E-state index contributed by atoms with van der Waals surface area (Å²) in [5, 5.41) is 0.178. The highest BCUT2D eigenvalue weighted by Gasteiger charge is 2.37. The number of hydrogen-bond acceptors (Lipinski definition) is 4. The molecule has 7 heteroatoms. The first kappa shape index (κ1) is 13.4. The van der Waals surface area contributed by atoms with Crippen molar-refractivity contribution in [3.05, 3.63) is 33.1 Å². The number of benzene rings is 1. The van der Waals surface area contributed by atoms with E-state index in [1.54, 1.807) is 4.90 Å². The lowest BCUT2D eigenvalue weighted by Gasteiger charge is -2.13. The Kier molecular flexibility index (Phi) is 3.18. The molecular weight excluding hydrogens is 342 g/mol. The van der Waals surface area contributed by atoms with Crippen LogP contribution in [0.3, 0.4) is 0 Å². The SMILES string of the molecule is CCN1C(=O)C(=C2SC(N)=NC2=O)c2cc(Br)ccc21. The fourth-order valence-corrected chi connectivity index (χ4v) is 3.45. The Morgan fingerprint density at radius 2 is 2.15 bits per heavy atom. The zero-order chi connectivity index (χ0) is 14.4. The van der Waals surface area contributed by atoms with Gasteiger partial charge in [0, 0.05) is 16.6 Å². The Labute approximate surface area is 128 Å². The molecule has 0 spiro atoms. The third-order valence-corrected chi connectivity index (χ3v) is 4.51. The Morgan fingerprint density at radius 3 is 2.75 bits per heavy atom. The minimum absolute atomic E-state index is 0.178. The van der Waals surface area contributed by atoms with Crippen molar-refractivity contribution in [3.63, 3.8) is 0 Å². The molecule has 1 aromatic rings. The summed E-state index contributed by atoms with van der Waals surface area (Å²) in [6.45, 7) is 2.44. The number of rotatable bonds is 1. The van der Waals surface area contributed by atoms with Crippen LogP contribution in [0.15, 0.2) is 32.6 Å². The van der Waals surface area contributed by atoms with Gasteiger partial charge in [-0.2, -0.15) is 4.99 Å². The minimum Gasteiger partial charge on any atom is -0.378 e. The highest BCUT2D eigenvalue weighted by Crippen LogP contribution is 2.43. The van der Waals surface area contributed by atoms with E-state index < -0.39 is 5.91 Å². The number of carbonyl (C=O) groups is 2. The molecule has 0 saturated heterocycles. The van der Waals surface area contributed by atoms with Gasteiger partial charge in [-0.3, -0.25) is 9.59 Å². The fraction of sp³-hybridized carbons (Fsp3) is 0.154. The lowest BCUT2D eigenvalue weighted by Crippen LogP contribution is -2.26. The largest absolute Gasteiger partial charge is 0.378 e. The van der Waals surface area contributed by atoms with Crippen molar-refractivity contribution >= 4 is 55.9 Å².